The lowest BCUT2D eigenvalue weighted by Gasteiger charge is -2.15. The van der Waals surface area contributed by atoms with Crippen molar-refractivity contribution >= 4 is 11.9 Å². The largest absolute Gasteiger partial charge is 0.456 e. The monoisotopic (exact) mass is 264 g/mol. The van der Waals surface area contributed by atoms with E-state index in [9.17, 15) is 9.59 Å². The van der Waals surface area contributed by atoms with Crippen LogP contribution in [-0.4, -0.2) is 35.9 Å². The molecule has 1 aliphatic heterocycles. The molecule has 0 aliphatic carbocycles. The molecule has 1 aliphatic rings. The van der Waals surface area contributed by atoms with Crippen LogP contribution in [0.3, 0.4) is 0 Å². The van der Waals surface area contributed by atoms with Crippen LogP contribution in [0.4, 0.5) is 0 Å². The summed E-state index contributed by atoms with van der Waals surface area (Å²) >= 11 is 0. The second kappa shape index (κ2) is 5.84. The topological polar surface area (TPSA) is 72.8 Å². The van der Waals surface area contributed by atoms with E-state index in [0.29, 0.717) is 5.56 Å². The molecule has 102 valence electrons. The van der Waals surface area contributed by atoms with Crippen LogP contribution in [0.2, 0.25) is 0 Å². The van der Waals surface area contributed by atoms with Crippen molar-refractivity contribution in [3.05, 3.63) is 35.4 Å². The lowest BCUT2D eigenvalue weighted by molar-refractivity contribution is -0.143. The van der Waals surface area contributed by atoms with Gasteiger partial charge in [0.05, 0.1) is 18.6 Å². The van der Waals surface area contributed by atoms with Gasteiger partial charge in [0.25, 0.3) is 0 Å². The molecule has 1 aromatic carbocycles. The Morgan fingerprint density at radius 2 is 2.11 bits per heavy atom. The molecule has 1 heterocycles. The van der Waals surface area contributed by atoms with Gasteiger partial charge in [-0.2, -0.15) is 0 Å². The molecule has 0 aromatic heterocycles. The number of aliphatic hydroxyl groups excluding tert-OH is 1. The van der Waals surface area contributed by atoms with Gasteiger partial charge in [-0.3, -0.25) is 4.79 Å². The lowest BCUT2D eigenvalue weighted by Crippen LogP contribution is -2.30. The maximum Gasteiger partial charge on any atom is 0.338 e. The van der Waals surface area contributed by atoms with E-state index in [-0.39, 0.29) is 13.0 Å². The highest BCUT2D eigenvalue weighted by molar-refractivity contribution is 5.90. The van der Waals surface area contributed by atoms with Gasteiger partial charge in [-0.15, -0.1) is 0 Å². The predicted octanol–water partition coefficient (Wildman–Crippen LogP) is 1.08. The number of aryl methyl sites for hydroxylation is 1. The first-order valence-electron chi connectivity index (χ1n) is 6.24. The molecule has 5 nitrogen and oxygen atoms in total. The normalized spacial score (nSPS) is 22.1. The predicted molar refractivity (Wildman–Crippen MR) is 66.6 cm³/mol. The summed E-state index contributed by atoms with van der Waals surface area (Å²) in [6, 6.07) is 7.09. The number of aliphatic hydroxyl groups is 1. The van der Waals surface area contributed by atoms with Crippen molar-refractivity contribution in [3.63, 3.8) is 0 Å². The average molecular weight is 264 g/mol. The highest BCUT2D eigenvalue weighted by atomic mass is 16.6. The molecule has 0 amide bonds. The van der Waals surface area contributed by atoms with E-state index in [1.165, 1.54) is 0 Å². The fourth-order valence-corrected chi connectivity index (χ4v) is 1.94. The molecule has 19 heavy (non-hydrogen) atoms. The molecule has 0 bridgehead atoms. The molecular formula is C14H16O5. The third-order valence-corrected chi connectivity index (χ3v) is 3.10. The minimum Gasteiger partial charge on any atom is -0.456 e. The summed E-state index contributed by atoms with van der Waals surface area (Å²) < 4.78 is 10.0. The van der Waals surface area contributed by atoms with Crippen LogP contribution in [0, 0.1) is 0 Å². The van der Waals surface area contributed by atoms with E-state index in [1.807, 2.05) is 19.1 Å². The van der Waals surface area contributed by atoms with Gasteiger partial charge in [0, 0.05) is 0 Å². The van der Waals surface area contributed by atoms with Gasteiger partial charge in [0.2, 0.25) is 0 Å². The zero-order valence-corrected chi connectivity index (χ0v) is 10.7. The number of carbonyl (C=O) groups excluding carboxylic acids is 2. The molecule has 1 aromatic rings. The highest BCUT2D eigenvalue weighted by Crippen LogP contribution is 2.19. The Kier molecular flexibility index (Phi) is 4.16. The first-order valence-corrected chi connectivity index (χ1v) is 6.24. The van der Waals surface area contributed by atoms with Gasteiger partial charge in [0.15, 0.2) is 12.2 Å². The number of hydrogen-bond donors (Lipinski definition) is 1. The number of rotatable bonds is 4. The Morgan fingerprint density at radius 1 is 1.42 bits per heavy atom. The van der Waals surface area contributed by atoms with Crippen LogP contribution >= 0.6 is 0 Å². The van der Waals surface area contributed by atoms with E-state index < -0.39 is 24.1 Å². The van der Waals surface area contributed by atoms with Crippen molar-refractivity contribution in [3.8, 4) is 0 Å². The maximum absolute atomic E-state index is 11.9. The van der Waals surface area contributed by atoms with E-state index in [1.54, 1.807) is 12.1 Å². The smallest absolute Gasteiger partial charge is 0.338 e. The quantitative estimate of drug-likeness (QED) is 0.824. The van der Waals surface area contributed by atoms with Crippen LogP contribution in [0.25, 0.3) is 0 Å². The van der Waals surface area contributed by atoms with Crippen molar-refractivity contribution in [1.82, 2.24) is 0 Å². The summed E-state index contributed by atoms with van der Waals surface area (Å²) in [7, 11) is 0. The Balaban J connectivity index is 2.01. The van der Waals surface area contributed by atoms with E-state index >= 15 is 0 Å². The van der Waals surface area contributed by atoms with Crippen LogP contribution in [0.5, 0.6) is 0 Å². The standard InChI is InChI=1S/C14H16O5/c1-2-9-3-5-10(6-4-9)14(17)19-11-7-13(16)18-12(11)8-15/h3-6,11-12,15H,2,7-8H2,1H3/t11-,12+/m0/s1. The maximum atomic E-state index is 11.9. The summed E-state index contributed by atoms with van der Waals surface area (Å²) in [4.78, 5) is 23.0. The first kappa shape index (κ1) is 13.5. The average Bonchev–Trinajstić information content (AvgIpc) is 2.78. The van der Waals surface area contributed by atoms with E-state index in [2.05, 4.69) is 0 Å². The van der Waals surface area contributed by atoms with Crippen molar-refractivity contribution < 1.29 is 24.2 Å². The van der Waals surface area contributed by atoms with Gasteiger partial charge in [-0.05, 0) is 24.1 Å². The van der Waals surface area contributed by atoms with Gasteiger partial charge >= 0.3 is 11.9 Å². The Bertz CT molecular complexity index is 465. The van der Waals surface area contributed by atoms with Crippen LogP contribution in [-0.2, 0) is 20.7 Å². The summed E-state index contributed by atoms with van der Waals surface area (Å²) in [5, 5.41) is 9.04. The fourth-order valence-electron chi connectivity index (χ4n) is 1.94. The number of benzene rings is 1. The minimum atomic E-state index is -0.758. The van der Waals surface area contributed by atoms with Gasteiger partial charge < -0.3 is 14.6 Å². The zero-order chi connectivity index (χ0) is 13.8. The molecule has 1 saturated heterocycles. The van der Waals surface area contributed by atoms with E-state index in [4.69, 9.17) is 14.6 Å². The number of esters is 2. The molecule has 5 heteroatoms. The minimum absolute atomic E-state index is 0.00991. The molecule has 0 spiro atoms. The molecule has 2 atom stereocenters. The Hall–Kier alpha value is -1.88. The number of hydrogen-bond acceptors (Lipinski definition) is 5. The van der Waals surface area contributed by atoms with Crippen molar-refractivity contribution in [2.45, 2.75) is 32.0 Å². The van der Waals surface area contributed by atoms with Crippen molar-refractivity contribution in [1.29, 1.82) is 0 Å². The highest BCUT2D eigenvalue weighted by Gasteiger charge is 2.37. The van der Waals surface area contributed by atoms with E-state index in [0.717, 1.165) is 12.0 Å². The number of carbonyl (C=O) groups is 2. The Labute approximate surface area is 111 Å². The summed E-state index contributed by atoms with van der Waals surface area (Å²) in [5.41, 5.74) is 1.55. The van der Waals surface area contributed by atoms with Crippen LogP contribution in [0.1, 0.15) is 29.3 Å². The zero-order valence-electron chi connectivity index (χ0n) is 10.7. The lowest BCUT2D eigenvalue weighted by atomic mass is 10.1. The van der Waals surface area contributed by atoms with Crippen LogP contribution < -0.4 is 0 Å². The molecular weight excluding hydrogens is 248 g/mol. The first-order chi connectivity index (χ1) is 9.13. The third kappa shape index (κ3) is 3.12. The SMILES string of the molecule is CCc1ccc(C(=O)O[C@H]2CC(=O)O[C@@H]2CO)cc1. The number of ether oxygens (including phenoxy) is 2. The molecule has 1 N–H and O–H groups in total. The van der Waals surface area contributed by atoms with Crippen molar-refractivity contribution in [2.75, 3.05) is 6.61 Å². The van der Waals surface area contributed by atoms with Crippen molar-refractivity contribution in [2.24, 2.45) is 0 Å². The fraction of sp³-hybridized carbons (Fsp3) is 0.429. The Morgan fingerprint density at radius 3 is 2.68 bits per heavy atom. The molecule has 0 unspecified atom stereocenters. The van der Waals surface area contributed by atoms with Gasteiger partial charge in [-0.1, -0.05) is 19.1 Å². The van der Waals surface area contributed by atoms with Crippen LogP contribution in [0.15, 0.2) is 24.3 Å². The number of cyclic esters (lactones) is 1. The third-order valence-electron chi connectivity index (χ3n) is 3.10. The second-order valence-electron chi connectivity index (χ2n) is 4.41. The van der Waals surface area contributed by atoms with Gasteiger partial charge in [-0.25, -0.2) is 4.79 Å². The summed E-state index contributed by atoms with van der Waals surface area (Å²) in [6.45, 7) is 1.68. The molecule has 0 saturated carbocycles. The summed E-state index contributed by atoms with van der Waals surface area (Å²) in [5.74, 6) is -0.970. The molecule has 0 radical (unpaired) electrons. The summed E-state index contributed by atoms with van der Waals surface area (Å²) in [6.07, 6.45) is -0.584. The second-order valence-corrected chi connectivity index (χ2v) is 4.41. The molecule has 2 rings (SSSR count). The van der Waals surface area contributed by atoms with Gasteiger partial charge in [0.1, 0.15) is 0 Å². The molecule has 1 fully saturated rings.